The van der Waals surface area contributed by atoms with Crippen molar-refractivity contribution < 1.29 is 19.1 Å². The van der Waals surface area contributed by atoms with Gasteiger partial charge in [0.25, 0.3) is 0 Å². The SMILES string of the molecule is CCOc1ccc(N2C[C@H](C(=O)NNc3ccccc3OCc3ccccc3)CC2=O)cc1. The number of amides is 2. The molecular weight excluding hydrogens is 418 g/mol. The largest absolute Gasteiger partial charge is 0.494 e. The molecule has 1 aliphatic rings. The summed E-state index contributed by atoms with van der Waals surface area (Å²) >= 11 is 0. The standard InChI is InChI=1S/C26H27N3O4/c1-2-32-22-14-12-21(13-15-22)29-17-20(16-25(29)30)26(31)28-27-23-10-6-7-11-24(23)33-18-19-8-4-3-5-9-19/h3-15,20,27H,2,16-18H2,1H3,(H,28,31)/t20-/m1/s1. The Labute approximate surface area is 193 Å². The molecule has 0 unspecified atom stereocenters. The lowest BCUT2D eigenvalue weighted by Crippen LogP contribution is -2.36. The van der Waals surface area contributed by atoms with E-state index in [1.807, 2.05) is 85.8 Å². The third kappa shape index (κ3) is 5.63. The van der Waals surface area contributed by atoms with E-state index < -0.39 is 5.92 Å². The van der Waals surface area contributed by atoms with E-state index in [0.717, 1.165) is 17.0 Å². The van der Waals surface area contributed by atoms with Gasteiger partial charge in [0, 0.05) is 18.7 Å². The first-order chi connectivity index (χ1) is 16.1. The highest BCUT2D eigenvalue weighted by Gasteiger charge is 2.35. The monoisotopic (exact) mass is 445 g/mol. The zero-order valence-electron chi connectivity index (χ0n) is 18.5. The van der Waals surface area contributed by atoms with Crippen LogP contribution in [0.3, 0.4) is 0 Å². The molecule has 3 aromatic carbocycles. The Morgan fingerprint density at radius 2 is 1.70 bits per heavy atom. The van der Waals surface area contributed by atoms with Gasteiger partial charge in [0.05, 0.1) is 18.2 Å². The molecule has 2 amide bonds. The summed E-state index contributed by atoms with van der Waals surface area (Å²) in [4.78, 5) is 26.9. The van der Waals surface area contributed by atoms with Crippen molar-refractivity contribution in [2.24, 2.45) is 5.92 Å². The number of nitrogens with zero attached hydrogens (tertiary/aromatic N) is 1. The van der Waals surface area contributed by atoms with Crippen LogP contribution in [0.1, 0.15) is 18.9 Å². The van der Waals surface area contributed by atoms with Gasteiger partial charge in [-0.1, -0.05) is 42.5 Å². The van der Waals surface area contributed by atoms with E-state index in [1.54, 1.807) is 4.90 Å². The molecule has 1 atom stereocenters. The second kappa shape index (κ2) is 10.5. The molecule has 33 heavy (non-hydrogen) atoms. The highest BCUT2D eigenvalue weighted by molar-refractivity contribution is 6.00. The highest BCUT2D eigenvalue weighted by Crippen LogP contribution is 2.28. The van der Waals surface area contributed by atoms with E-state index in [4.69, 9.17) is 9.47 Å². The fourth-order valence-electron chi connectivity index (χ4n) is 3.68. The first-order valence-corrected chi connectivity index (χ1v) is 11.0. The summed E-state index contributed by atoms with van der Waals surface area (Å²) < 4.78 is 11.4. The maximum atomic E-state index is 12.8. The summed E-state index contributed by atoms with van der Waals surface area (Å²) in [5.41, 5.74) is 8.13. The van der Waals surface area contributed by atoms with Crippen molar-refractivity contribution in [2.45, 2.75) is 20.0 Å². The van der Waals surface area contributed by atoms with Gasteiger partial charge in [0.1, 0.15) is 18.1 Å². The molecule has 1 heterocycles. The van der Waals surface area contributed by atoms with Crippen LogP contribution in [-0.2, 0) is 16.2 Å². The third-order valence-electron chi connectivity index (χ3n) is 5.40. The van der Waals surface area contributed by atoms with E-state index in [0.29, 0.717) is 31.2 Å². The number of anilines is 2. The normalized spacial score (nSPS) is 15.2. The number of nitrogens with one attached hydrogen (secondary N) is 2. The van der Waals surface area contributed by atoms with Gasteiger partial charge in [-0.2, -0.15) is 0 Å². The van der Waals surface area contributed by atoms with Crippen LogP contribution >= 0.6 is 0 Å². The van der Waals surface area contributed by atoms with Crippen molar-refractivity contribution in [3.05, 3.63) is 84.4 Å². The van der Waals surface area contributed by atoms with E-state index in [9.17, 15) is 9.59 Å². The zero-order valence-corrected chi connectivity index (χ0v) is 18.5. The van der Waals surface area contributed by atoms with Crippen molar-refractivity contribution >= 4 is 23.2 Å². The van der Waals surface area contributed by atoms with Crippen LogP contribution in [0.5, 0.6) is 11.5 Å². The Hall–Kier alpha value is -4.00. The van der Waals surface area contributed by atoms with Crippen molar-refractivity contribution in [1.29, 1.82) is 0 Å². The van der Waals surface area contributed by atoms with Crippen LogP contribution in [-0.4, -0.2) is 25.0 Å². The van der Waals surface area contributed by atoms with E-state index in [2.05, 4.69) is 10.9 Å². The Bertz CT molecular complexity index is 1090. The molecule has 3 aromatic rings. The minimum Gasteiger partial charge on any atom is -0.494 e. The van der Waals surface area contributed by atoms with Crippen LogP contribution in [0.2, 0.25) is 0 Å². The molecule has 2 N–H and O–H groups in total. The summed E-state index contributed by atoms with van der Waals surface area (Å²) in [5, 5.41) is 0. The number of carbonyl (C=O) groups excluding carboxylic acids is 2. The number of hydrogen-bond donors (Lipinski definition) is 2. The Kier molecular flexibility index (Phi) is 7.09. The summed E-state index contributed by atoms with van der Waals surface area (Å²) in [7, 11) is 0. The molecule has 0 bridgehead atoms. The molecule has 0 radical (unpaired) electrons. The molecule has 4 rings (SSSR count). The molecule has 1 aliphatic heterocycles. The minimum atomic E-state index is -0.450. The van der Waals surface area contributed by atoms with Gasteiger partial charge in [-0.15, -0.1) is 0 Å². The zero-order chi connectivity index (χ0) is 23.0. The summed E-state index contributed by atoms with van der Waals surface area (Å²) in [6, 6.07) is 24.6. The van der Waals surface area contributed by atoms with E-state index in [1.165, 1.54) is 0 Å². The van der Waals surface area contributed by atoms with Crippen molar-refractivity contribution in [3.63, 3.8) is 0 Å². The second-order valence-electron chi connectivity index (χ2n) is 7.72. The Morgan fingerprint density at radius 3 is 2.45 bits per heavy atom. The summed E-state index contributed by atoms with van der Waals surface area (Å²) in [5.74, 6) is 0.606. The van der Waals surface area contributed by atoms with Gasteiger partial charge in [0.2, 0.25) is 11.8 Å². The maximum absolute atomic E-state index is 12.8. The van der Waals surface area contributed by atoms with Gasteiger partial charge >= 0.3 is 0 Å². The Morgan fingerprint density at radius 1 is 0.970 bits per heavy atom. The molecule has 0 aliphatic carbocycles. The van der Waals surface area contributed by atoms with Crippen LogP contribution in [0, 0.1) is 5.92 Å². The maximum Gasteiger partial charge on any atom is 0.243 e. The average molecular weight is 446 g/mol. The second-order valence-corrected chi connectivity index (χ2v) is 7.72. The topological polar surface area (TPSA) is 79.9 Å². The molecule has 7 heteroatoms. The van der Waals surface area contributed by atoms with Crippen LogP contribution in [0.4, 0.5) is 11.4 Å². The summed E-state index contributed by atoms with van der Waals surface area (Å²) in [6.07, 6.45) is 0.160. The number of hydrogen-bond acceptors (Lipinski definition) is 5. The van der Waals surface area contributed by atoms with Crippen LogP contribution in [0.15, 0.2) is 78.9 Å². The number of benzene rings is 3. The van der Waals surface area contributed by atoms with E-state index in [-0.39, 0.29) is 18.2 Å². The minimum absolute atomic E-state index is 0.0779. The quantitative estimate of drug-likeness (QED) is 0.484. The Balaban J connectivity index is 1.33. The van der Waals surface area contributed by atoms with Gasteiger partial charge in [-0.25, -0.2) is 0 Å². The number of para-hydroxylation sites is 2. The van der Waals surface area contributed by atoms with Gasteiger partial charge in [0.15, 0.2) is 0 Å². The molecule has 1 saturated heterocycles. The van der Waals surface area contributed by atoms with Gasteiger partial charge < -0.3 is 14.4 Å². The van der Waals surface area contributed by atoms with Crippen molar-refractivity contribution in [1.82, 2.24) is 5.43 Å². The number of hydrazine groups is 1. The lowest BCUT2D eigenvalue weighted by Gasteiger charge is -2.18. The predicted octanol–water partition coefficient (Wildman–Crippen LogP) is 4.16. The van der Waals surface area contributed by atoms with Gasteiger partial charge in [-0.05, 0) is 48.9 Å². The molecule has 170 valence electrons. The molecule has 0 spiro atoms. The first kappa shape index (κ1) is 22.2. The van der Waals surface area contributed by atoms with Crippen molar-refractivity contribution in [2.75, 3.05) is 23.5 Å². The molecule has 0 aromatic heterocycles. The third-order valence-corrected chi connectivity index (χ3v) is 5.40. The molecular formula is C26H27N3O4. The van der Waals surface area contributed by atoms with Crippen LogP contribution < -0.4 is 25.2 Å². The average Bonchev–Trinajstić information content (AvgIpc) is 3.25. The highest BCUT2D eigenvalue weighted by atomic mass is 16.5. The molecule has 0 saturated carbocycles. The van der Waals surface area contributed by atoms with E-state index >= 15 is 0 Å². The molecule has 1 fully saturated rings. The number of carbonyl (C=O) groups is 2. The summed E-state index contributed by atoms with van der Waals surface area (Å²) in [6.45, 7) is 3.24. The fourth-order valence-corrected chi connectivity index (χ4v) is 3.68. The fraction of sp³-hybridized carbons (Fsp3) is 0.231. The van der Waals surface area contributed by atoms with Crippen molar-refractivity contribution in [3.8, 4) is 11.5 Å². The lowest BCUT2D eigenvalue weighted by molar-refractivity contribution is -0.125. The molecule has 7 nitrogen and oxygen atoms in total. The lowest BCUT2D eigenvalue weighted by atomic mass is 10.1. The number of rotatable bonds is 9. The number of ether oxygens (including phenoxy) is 2. The van der Waals surface area contributed by atoms with Gasteiger partial charge in [-0.3, -0.25) is 20.4 Å². The first-order valence-electron chi connectivity index (χ1n) is 11.0. The smallest absolute Gasteiger partial charge is 0.243 e. The van der Waals surface area contributed by atoms with Crippen LogP contribution in [0.25, 0.3) is 0 Å². The predicted molar refractivity (Wildman–Crippen MR) is 127 cm³/mol.